The molecule has 1 aliphatic carbocycles. The van der Waals surface area contributed by atoms with Crippen LogP contribution < -0.4 is 0 Å². The van der Waals surface area contributed by atoms with E-state index >= 15 is 0 Å². The Labute approximate surface area is 147 Å². The first-order valence-electron chi connectivity index (χ1n) is 8.89. The van der Waals surface area contributed by atoms with Crippen molar-refractivity contribution in [1.29, 1.82) is 0 Å². The molecule has 1 rings (SSSR count). The fourth-order valence-electron chi connectivity index (χ4n) is 2.34. The van der Waals surface area contributed by atoms with E-state index in [1.54, 1.807) is 13.2 Å². The minimum Gasteiger partial charge on any atom is -0.379 e. The standard InChI is InChI=1S/C20H34O2S/c1-16(10-7-13-20(3,4)22-5)8-6-9-17(2)14-19(21)23-15-18-11-12-18/h6,9,14,16,18H,7-8,10-13,15H2,1-5H3. The molecule has 0 amide bonds. The first-order chi connectivity index (χ1) is 10.8. The first kappa shape index (κ1) is 20.5. The average molecular weight is 339 g/mol. The SMILES string of the molecule is COC(C)(C)CCCC(C)CC=CC(C)=CC(=O)SCC1CC1. The summed E-state index contributed by atoms with van der Waals surface area (Å²) in [5.74, 6) is 2.48. The van der Waals surface area contributed by atoms with E-state index in [0.29, 0.717) is 5.92 Å². The predicted molar refractivity (Wildman–Crippen MR) is 102 cm³/mol. The largest absolute Gasteiger partial charge is 0.379 e. The molecule has 2 nitrogen and oxygen atoms in total. The fourth-order valence-corrected chi connectivity index (χ4v) is 3.35. The monoisotopic (exact) mass is 338 g/mol. The Bertz CT molecular complexity index is 419. The molecule has 0 aromatic heterocycles. The van der Waals surface area contributed by atoms with Crippen LogP contribution in [0.1, 0.15) is 66.2 Å². The number of thioether (sulfide) groups is 1. The van der Waals surface area contributed by atoms with Crippen LogP contribution in [0, 0.1) is 11.8 Å². The van der Waals surface area contributed by atoms with Gasteiger partial charge in [-0.15, -0.1) is 0 Å². The second-order valence-corrected chi connectivity index (χ2v) is 8.59. The molecule has 1 saturated carbocycles. The van der Waals surface area contributed by atoms with Gasteiger partial charge in [0.2, 0.25) is 5.12 Å². The summed E-state index contributed by atoms with van der Waals surface area (Å²) in [6, 6.07) is 0. The highest BCUT2D eigenvalue weighted by atomic mass is 32.2. The number of rotatable bonds is 11. The first-order valence-corrected chi connectivity index (χ1v) is 9.87. The summed E-state index contributed by atoms with van der Waals surface area (Å²) in [6.07, 6.45) is 13.3. The lowest BCUT2D eigenvalue weighted by molar-refractivity contribution is -0.107. The number of ether oxygens (including phenoxy) is 1. The number of hydrogen-bond acceptors (Lipinski definition) is 3. The Morgan fingerprint density at radius 2 is 2.09 bits per heavy atom. The zero-order valence-corrected chi connectivity index (χ0v) is 16.4. The number of hydrogen-bond donors (Lipinski definition) is 0. The zero-order valence-electron chi connectivity index (χ0n) is 15.6. The minimum atomic E-state index is -0.00657. The quantitative estimate of drug-likeness (QED) is 0.353. The van der Waals surface area contributed by atoms with Crippen LogP contribution in [-0.2, 0) is 9.53 Å². The van der Waals surface area contributed by atoms with Gasteiger partial charge in [0.1, 0.15) is 0 Å². The highest BCUT2D eigenvalue weighted by Crippen LogP contribution is 2.32. The Morgan fingerprint density at radius 3 is 2.70 bits per heavy atom. The van der Waals surface area contributed by atoms with E-state index in [4.69, 9.17) is 4.74 Å². The molecule has 1 unspecified atom stereocenters. The van der Waals surface area contributed by atoms with Crippen molar-refractivity contribution < 1.29 is 9.53 Å². The lowest BCUT2D eigenvalue weighted by atomic mass is 9.95. The molecule has 0 saturated heterocycles. The summed E-state index contributed by atoms with van der Waals surface area (Å²) >= 11 is 1.47. The highest BCUT2D eigenvalue weighted by Gasteiger charge is 2.21. The average Bonchev–Trinajstić information content (AvgIpc) is 3.29. The van der Waals surface area contributed by atoms with Crippen LogP contribution in [0.25, 0.3) is 0 Å². The van der Waals surface area contributed by atoms with Gasteiger partial charge in [-0.2, -0.15) is 0 Å². The molecule has 0 N–H and O–H groups in total. The van der Waals surface area contributed by atoms with Gasteiger partial charge >= 0.3 is 0 Å². The molecule has 0 bridgehead atoms. The molecule has 0 radical (unpaired) electrons. The van der Waals surface area contributed by atoms with Gasteiger partial charge in [0, 0.05) is 12.9 Å². The number of methoxy groups -OCH3 is 1. The van der Waals surface area contributed by atoms with Crippen molar-refractivity contribution in [3.05, 3.63) is 23.8 Å². The van der Waals surface area contributed by atoms with Gasteiger partial charge in [0.05, 0.1) is 5.60 Å². The van der Waals surface area contributed by atoms with Gasteiger partial charge in [-0.1, -0.05) is 43.7 Å². The molecule has 0 heterocycles. The van der Waals surface area contributed by atoms with Crippen molar-refractivity contribution in [3.8, 4) is 0 Å². The molecule has 0 aromatic rings. The van der Waals surface area contributed by atoms with E-state index in [1.165, 1.54) is 37.4 Å². The zero-order chi connectivity index (χ0) is 17.3. The van der Waals surface area contributed by atoms with Gasteiger partial charge in [0.25, 0.3) is 0 Å². The van der Waals surface area contributed by atoms with Crippen LogP contribution in [-0.4, -0.2) is 23.6 Å². The smallest absolute Gasteiger partial charge is 0.212 e. The Morgan fingerprint density at radius 1 is 1.39 bits per heavy atom. The molecular formula is C20H34O2S. The third-order valence-electron chi connectivity index (χ3n) is 4.45. The highest BCUT2D eigenvalue weighted by molar-refractivity contribution is 8.14. The molecule has 0 spiro atoms. The Kier molecular flexibility index (Phi) is 9.23. The predicted octanol–water partition coefficient (Wildman–Crippen LogP) is 5.78. The Hall–Kier alpha value is -0.540. The molecule has 1 fully saturated rings. The van der Waals surface area contributed by atoms with Crippen LogP contribution >= 0.6 is 11.8 Å². The van der Waals surface area contributed by atoms with E-state index in [9.17, 15) is 4.79 Å². The van der Waals surface area contributed by atoms with Crippen LogP contribution in [0.2, 0.25) is 0 Å². The van der Waals surface area contributed by atoms with E-state index in [-0.39, 0.29) is 10.7 Å². The second-order valence-electron chi connectivity index (χ2n) is 7.56. The molecule has 0 aliphatic heterocycles. The lowest BCUT2D eigenvalue weighted by Gasteiger charge is -2.23. The summed E-state index contributed by atoms with van der Waals surface area (Å²) in [5, 5.41) is 0.203. The van der Waals surface area contributed by atoms with Crippen molar-refractivity contribution >= 4 is 16.9 Å². The molecule has 1 atom stereocenters. The Balaban J connectivity index is 2.18. The minimum absolute atomic E-state index is 0.00657. The van der Waals surface area contributed by atoms with Crippen molar-refractivity contribution in [2.24, 2.45) is 11.8 Å². The summed E-state index contributed by atoms with van der Waals surface area (Å²) in [6.45, 7) is 8.59. The number of allylic oxidation sites excluding steroid dienone is 3. The van der Waals surface area contributed by atoms with Crippen molar-refractivity contribution in [3.63, 3.8) is 0 Å². The maximum absolute atomic E-state index is 11.8. The topological polar surface area (TPSA) is 26.3 Å². The summed E-state index contributed by atoms with van der Waals surface area (Å²) in [5.41, 5.74) is 1.05. The maximum atomic E-state index is 11.8. The van der Waals surface area contributed by atoms with Crippen LogP contribution in [0.5, 0.6) is 0 Å². The summed E-state index contributed by atoms with van der Waals surface area (Å²) < 4.78 is 5.45. The van der Waals surface area contributed by atoms with Crippen LogP contribution in [0.4, 0.5) is 0 Å². The molecule has 1 aliphatic rings. The van der Waals surface area contributed by atoms with E-state index in [0.717, 1.165) is 30.1 Å². The van der Waals surface area contributed by atoms with E-state index in [2.05, 4.69) is 32.9 Å². The normalized spacial score (nSPS) is 17.7. The second kappa shape index (κ2) is 10.4. The third-order valence-corrected chi connectivity index (χ3v) is 5.49. The van der Waals surface area contributed by atoms with Crippen LogP contribution in [0.3, 0.4) is 0 Å². The molecule has 0 aromatic carbocycles. The van der Waals surface area contributed by atoms with E-state index in [1.807, 2.05) is 6.92 Å². The summed E-state index contributed by atoms with van der Waals surface area (Å²) in [4.78, 5) is 11.8. The summed E-state index contributed by atoms with van der Waals surface area (Å²) in [7, 11) is 1.78. The van der Waals surface area contributed by atoms with Gasteiger partial charge in [0.15, 0.2) is 0 Å². The molecule has 3 heteroatoms. The van der Waals surface area contributed by atoms with Crippen molar-refractivity contribution in [2.75, 3.05) is 12.9 Å². The van der Waals surface area contributed by atoms with Crippen molar-refractivity contribution in [2.45, 2.75) is 71.8 Å². The fraction of sp³-hybridized carbons (Fsp3) is 0.750. The van der Waals surface area contributed by atoms with Gasteiger partial charge in [-0.3, -0.25) is 4.79 Å². The van der Waals surface area contributed by atoms with Crippen LogP contribution in [0.15, 0.2) is 23.8 Å². The van der Waals surface area contributed by atoms with Gasteiger partial charge in [-0.25, -0.2) is 0 Å². The van der Waals surface area contributed by atoms with Gasteiger partial charge in [-0.05, 0) is 69.9 Å². The number of carbonyl (C=O) groups is 1. The number of carbonyl (C=O) groups excluding carboxylic acids is 1. The van der Waals surface area contributed by atoms with Crippen molar-refractivity contribution in [1.82, 2.24) is 0 Å². The van der Waals surface area contributed by atoms with E-state index < -0.39 is 0 Å². The third kappa shape index (κ3) is 10.8. The molecule has 132 valence electrons. The lowest BCUT2D eigenvalue weighted by Crippen LogP contribution is -2.22. The maximum Gasteiger partial charge on any atom is 0.212 e. The molecular weight excluding hydrogens is 304 g/mol. The molecule has 23 heavy (non-hydrogen) atoms. The van der Waals surface area contributed by atoms with Gasteiger partial charge < -0.3 is 4.74 Å².